The molecule has 0 aliphatic rings. The van der Waals surface area contributed by atoms with Gasteiger partial charge in [-0.2, -0.15) is 0 Å². The number of aromatic nitrogens is 2. The summed E-state index contributed by atoms with van der Waals surface area (Å²) in [7, 11) is 0. The molecule has 6 nitrogen and oxygen atoms in total. The van der Waals surface area contributed by atoms with E-state index >= 15 is 0 Å². The van der Waals surface area contributed by atoms with Gasteiger partial charge in [-0.15, -0.1) is 0 Å². The number of fused-ring (bicyclic) bond motifs is 2. The summed E-state index contributed by atoms with van der Waals surface area (Å²) in [4.78, 5) is 19.7. The first-order chi connectivity index (χ1) is 14.7. The number of primary amides is 1. The van der Waals surface area contributed by atoms with E-state index in [0.717, 1.165) is 44.4 Å². The highest BCUT2D eigenvalue weighted by atomic mass is 16.3. The molecule has 3 N–H and O–H groups in total. The summed E-state index contributed by atoms with van der Waals surface area (Å²) in [5.74, 6) is 0.383. The molecule has 1 amide bonds. The van der Waals surface area contributed by atoms with E-state index in [2.05, 4.69) is 21.4 Å². The molecule has 3 heterocycles. The molecule has 3 aromatic heterocycles. The molecule has 0 aliphatic carbocycles. The van der Waals surface area contributed by atoms with Crippen LogP contribution in [0, 0.1) is 0 Å². The van der Waals surface area contributed by atoms with Crippen molar-refractivity contribution in [2.45, 2.75) is 6.42 Å². The van der Waals surface area contributed by atoms with Crippen LogP contribution in [0.25, 0.3) is 33.1 Å². The zero-order chi connectivity index (χ0) is 20.5. The second-order valence-electron chi connectivity index (χ2n) is 7.08. The Hall–Kier alpha value is -4.19. The molecule has 0 atom stereocenters. The van der Waals surface area contributed by atoms with Crippen molar-refractivity contribution in [1.29, 1.82) is 0 Å². The highest BCUT2D eigenvalue weighted by Crippen LogP contribution is 2.34. The van der Waals surface area contributed by atoms with Crippen molar-refractivity contribution in [2.24, 2.45) is 5.73 Å². The minimum atomic E-state index is -0.399. The van der Waals surface area contributed by atoms with Gasteiger partial charge in [0.2, 0.25) is 5.91 Å². The van der Waals surface area contributed by atoms with E-state index < -0.39 is 5.91 Å². The first-order valence-electron chi connectivity index (χ1n) is 9.53. The van der Waals surface area contributed by atoms with Crippen LogP contribution in [0.2, 0.25) is 0 Å². The molecule has 0 bridgehead atoms. The normalized spacial score (nSPS) is 11.1. The summed E-state index contributed by atoms with van der Waals surface area (Å²) >= 11 is 0. The highest BCUT2D eigenvalue weighted by Gasteiger charge is 2.11. The predicted molar refractivity (Wildman–Crippen MR) is 117 cm³/mol. The van der Waals surface area contributed by atoms with E-state index in [1.165, 1.54) is 0 Å². The lowest BCUT2D eigenvalue weighted by molar-refractivity contribution is -0.117. The fraction of sp³-hybridized carbons (Fsp3) is 0.0417. The number of nitrogens with one attached hydrogen (secondary N) is 1. The number of hydrogen-bond acceptors (Lipinski definition) is 5. The number of pyridine rings is 2. The van der Waals surface area contributed by atoms with Gasteiger partial charge in [-0.3, -0.25) is 14.8 Å². The number of rotatable bonds is 5. The molecule has 0 unspecified atom stereocenters. The van der Waals surface area contributed by atoms with E-state index in [1.807, 2.05) is 60.9 Å². The molecule has 6 heteroatoms. The molecule has 0 radical (unpaired) electrons. The summed E-state index contributed by atoms with van der Waals surface area (Å²) in [6, 6.07) is 19.7. The SMILES string of the molecule is NC(=O)Cc1ccc(Nc2ccc3cncc(-c4cc5ccccc5o4)c3c2)cn1. The van der Waals surface area contributed by atoms with E-state index in [-0.39, 0.29) is 6.42 Å². The van der Waals surface area contributed by atoms with E-state index in [9.17, 15) is 4.79 Å². The topological polar surface area (TPSA) is 94.0 Å². The van der Waals surface area contributed by atoms with Crippen LogP contribution in [0.4, 0.5) is 11.4 Å². The molecule has 30 heavy (non-hydrogen) atoms. The van der Waals surface area contributed by atoms with Gasteiger partial charge < -0.3 is 15.5 Å². The van der Waals surface area contributed by atoms with Gasteiger partial charge in [0.05, 0.1) is 18.3 Å². The maximum Gasteiger partial charge on any atom is 0.223 e. The largest absolute Gasteiger partial charge is 0.456 e. The van der Waals surface area contributed by atoms with Gasteiger partial charge in [0.25, 0.3) is 0 Å². The zero-order valence-electron chi connectivity index (χ0n) is 16.0. The van der Waals surface area contributed by atoms with Crippen molar-refractivity contribution in [3.05, 3.63) is 84.9 Å². The number of benzene rings is 2. The Labute approximate surface area is 172 Å². The number of anilines is 2. The number of nitrogens with two attached hydrogens (primary N) is 1. The van der Waals surface area contributed by atoms with Crippen molar-refractivity contribution >= 4 is 39.0 Å². The maximum absolute atomic E-state index is 11.0. The van der Waals surface area contributed by atoms with E-state index in [0.29, 0.717) is 5.69 Å². The summed E-state index contributed by atoms with van der Waals surface area (Å²) in [5, 5.41) is 6.46. The third kappa shape index (κ3) is 3.46. The van der Waals surface area contributed by atoms with Crippen LogP contribution in [0.1, 0.15) is 5.69 Å². The fourth-order valence-corrected chi connectivity index (χ4v) is 3.50. The van der Waals surface area contributed by atoms with Gasteiger partial charge >= 0.3 is 0 Å². The molecule has 2 aromatic carbocycles. The van der Waals surface area contributed by atoms with Crippen molar-refractivity contribution in [3.8, 4) is 11.3 Å². The lowest BCUT2D eigenvalue weighted by Gasteiger charge is -2.10. The highest BCUT2D eigenvalue weighted by molar-refractivity contribution is 5.98. The Morgan fingerprint density at radius 3 is 2.60 bits per heavy atom. The third-order valence-electron chi connectivity index (χ3n) is 4.92. The summed E-state index contributed by atoms with van der Waals surface area (Å²) < 4.78 is 6.06. The minimum Gasteiger partial charge on any atom is -0.456 e. The quantitative estimate of drug-likeness (QED) is 0.446. The number of amides is 1. The third-order valence-corrected chi connectivity index (χ3v) is 4.92. The molecule has 5 rings (SSSR count). The number of nitrogens with zero attached hydrogens (tertiary/aromatic N) is 2. The van der Waals surface area contributed by atoms with Crippen LogP contribution >= 0.6 is 0 Å². The first-order valence-corrected chi connectivity index (χ1v) is 9.53. The number of carbonyl (C=O) groups is 1. The molecule has 5 aromatic rings. The van der Waals surface area contributed by atoms with Crippen LogP contribution in [0.3, 0.4) is 0 Å². The van der Waals surface area contributed by atoms with Crippen LogP contribution in [0.15, 0.2) is 83.7 Å². The lowest BCUT2D eigenvalue weighted by Crippen LogP contribution is -2.14. The Morgan fingerprint density at radius 2 is 1.80 bits per heavy atom. The molecule has 0 fully saturated rings. The van der Waals surface area contributed by atoms with Gasteiger partial charge in [-0.05, 0) is 41.8 Å². The predicted octanol–water partition coefficient (Wildman–Crippen LogP) is 4.81. The van der Waals surface area contributed by atoms with Gasteiger partial charge in [-0.1, -0.05) is 24.3 Å². The van der Waals surface area contributed by atoms with E-state index in [1.54, 1.807) is 12.3 Å². The van der Waals surface area contributed by atoms with Crippen molar-refractivity contribution < 1.29 is 9.21 Å². The van der Waals surface area contributed by atoms with Crippen LogP contribution in [0.5, 0.6) is 0 Å². The summed E-state index contributed by atoms with van der Waals surface area (Å²) in [6.07, 6.45) is 5.48. The van der Waals surface area contributed by atoms with Gasteiger partial charge in [0.15, 0.2) is 0 Å². The number of hydrogen-bond donors (Lipinski definition) is 2. The zero-order valence-corrected chi connectivity index (χ0v) is 16.0. The van der Waals surface area contributed by atoms with Crippen LogP contribution < -0.4 is 11.1 Å². The number of para-hydroxylation sites is 1. The lowest BCUT2D eigenvalue weighted by atomic mass is 10.0. The molecule has 0 saturated heterocycles. The fourth-order valence-electron chi connectivity index (χ4n) is 3.50. The average Bonchev–Trinajstić information content (AvgIpc) is 3.18. The minimum absolute atomic E-state index is 0.129. The smallest absolute Gasteiger partial charge is 0.223 e. The Morgan fingerprint density at radius 1 is 0.933 bits per heavy atom. The van der Waals surface area contributed by atoms with Crippen molar-refractivity contribution in [1.82, 2.24) is 9.97 Å². The van der Waals surface area contributed by atoms with Gasteiger partial charge in [-0.25, -0.2) is 0 Å². The Bertz CT molecular complexity index is 1340. The van der Waals surface area contributed by atoms with Crippen molar-refractivity contribution in [3.63, 3.8) is 0 Å². The summed E-state index contributed by atoms with van der Waals surface area (Å²) in [6.45, 7) is 0. The second-order valence-corrected chi connectivity index (χ2v) is 7.08. The molecule has 146 valence electrons. The molecular weight excluding hydrogens is 376 g/mol. The number of furan rings is 1. The Balaban J connectivity index is 1.50. The van der Waals surface area contributed by atoms with Gasteiger partial charge in [0.1, 0.15) is 11.3 Å². The second kappa shape index (κ2) is 7.33. The molecule has 0 spiro atoms. The molecule has 0 saturated carbocycles. The molecule has 0 aliphatic heterocycles. The van der Waals surface area contributed by atoms with Gasteiger partial charge in [0, 0.05) is 40.1 Å². The van der Waals surface area contributed by atoms with E-state index in [4.69, 9.17) is 10.2 Å². The van der Waals surface area contributed by atoms with Crippen molar-refractivity contribution in [2.75, 3.05) is 5.32 Å². The summed E-state index contributed by atoms with van der Waals surface area (Å²) in [5.41, 5.74) is 9.38. The maximum atomic E-state index is 11.0. The van der Waals surface area contributed by atoms with Crippen LogP contribution in [-0.4, -0.2) is 15.9 Å². The standard InChI is InChI=1S/C24H18N4O2/c25-24(29)11-17-7-8-19(13-27-17)28-18-6-5-16-12-26-14-21(20(16)10-18)23-9-15-3-1-2-4-22(15)30-23/h1-10,12-14,28H,11H2,(H2,25,29). The average molecular weight is 394 g/mol. The number of carbonyl (C=O) groups excluding carboxylic acids is 1. The first kappa shape index (κ1) is 17.9. The van der Waals surface area contributed by atoms with Crippen LogP contribution in [-0.2, 0) is 11.2 Å². The Kier molecular flexibility index (Phi) is 4.37. The monoisotopic (exact) mass is 394 g/mol. The molecular formula is C24H18N4O2.